The van der Waals surface area contributed by atoms with Gasteiger partial charge in [0, 0.05) is 31.7 Å². The molecule has 0 bridgehead atoms. The Morgan fingerprint density at radius 1 is 1.39 bits per heavy atom. The van der Waals surface area contributed by atoms with E-state index in [-0.39, 0.29) is 6.09 Å². The molecule has 18 heavy (non-hydrogen) atoms. The molecule has 1 amide bonds. The van der Waals surface area contributed by atoms with Gasteiger partial charge in [0.25, 0.3) is 0 Å². The summed E-state index contributed by atoms with van der Waals surface area (Å²) in [6, 6.07) is 0.988. The second-order valence-electron chi connectivity index (χ2n) is 6.27. The maximum atomic E-state index is 12.0. The van der Waals surface area contributed by atoms with Crippen LogP contribution in [0.2, 0.25) is 0 Å². The van der Waals surface area contributed by atoms with Gasteiger partial charge in [0.2, 0.25) is 0 Å². The first-order chi connectivity index (χ1) is 8.24. The maximum Gasteiger partial charge on any atom is 0.410 e. The summed E-state index contributed by atoms with van der Waals surface area (Å²) < 4.78 is 5.42. The van der Waals surface area contributed by atoms with Gasteiger partial charge < -0.3 is 9.64 Å². The largest absolute Gasteiger partial charge is 0.444 e. The third-order valence-corrected chi connectivity index (χ3v) is 3.49. The minimum Gasteiger partial charge on any atom is -0.444 e. The van der Waals surface area contributed by atoms with Crippen molar-refractivity contribution in [2.75, 3.05) is 19.6 Å². The number of rotatable bonds is 2. The molecule has 2 atom stereocenters. The van der Waals surface area contributed by atoms with Crippen molar-refractivity contribution in [2.45, 2.75) is 65.6 Å². The molecule has 1 saturated heterocycles. The average molecular weight is 256 g/mol. The smallest absolute Gasteiger partial charge is 0.410 e. The molecule has 4 nitrogen and oxygen atoms in total. The van der Waals surface area contributed by atoms with E-state index in [0.717, 1.165) is 26.1 Å². The van der Waals surface area contributed by atoms with Gasteiger partial charge in [0.05, 0.1) is 0 Å². The Bertz CT molecular complexity index is 286. The number of carbonyl (C=O) groups excluding carboxylic acids is 1. The van der Waals surface area contributed by atoms with Crippen LogP contribution < -0.4 is 0 Å². The molecule has 1 rings (SSSR count). The highest BCUT2D eigenvalue weighted by Gasteiger charge is 2.31. The molecular weight excluding hydrogens is 228 g/mol. The quantitative estimate of drug-likeness (QED) is 0.761. The van der Waals surface area contributed by atoms with E-state index in [1.165, 1.54) is 0 Å². The molecule has 0 radical (unpaired) electrons. The molecule has 1 unspecified atom stereocenters. The Kier molecular flexibility index (Phi) is 5.02. The number of carbonyl (C=O) groups is 1. The Balaban J connectivity index is 2.53. The zero-order chi connectivity index (χ0) is 13.9. The second-order valence-corrected chi connectivity index (χ2v) is 6.27. The summed E-state index contributed by atoms with van der Waals surface area (Å²) in [5.74, 6) is 0. The molecule has 0 spiro atoms. The predicted octanol–water partition coefficient (Wildman–Crippen LogP) is 2.73. The van der Waals surface area contributed by atoms with Crippen LogP contribution in [0.4, 0.5) is 4.79 Å². The van der Waals surface area contributed by atoms with Gasteiger partial charge in [0.15, 0.2) is 0 Å². The number of piperazine rings is 1. The molecule has 106 valence electrons. The van der Waals surface area contributed by atoms with E-state index >= 15 is 0 Å². The molecule has 4 heteroatoms. The van der Waals surface area contributed by atoms with Gasteiger partial charge in [0.1, 0.15) is 5.60 Å². The van der Waals surface area contributed by atoms with E-state index in [2.05, 4.69) is 25.7 Å². The van der Waals surface area contributed by atoms with E-state index in [4.69, 9.17) is 4.74 Å². The van der Waals surface area contributed by atoms with Crippen LogP contribution in [0.5, 0.6) is 0 Å². The van der Waals surface area contributed by atoms with E-state index in [9.17, 15) is 4.79 Å². The van der Waals surface area contributed by atoms with Crippen LogP contribution >= 0.6 is 0 Å². The number of hydrogen-bond acceptors (Lipinski definition) is 3. The van der Waals surface area contributed by atoms with Gasteiger partial charge in [-0.2, -0.15) is 0 Å². The first-order valence-corrected chi connectivity index (χ1v) is 6.98. The van der Waals surface area contributed by atoms with Crippen LogP contribution in [-0.2, 0) is 4.74 Å². The zero-order valence-electron chi connectivity index (χ0n) is 12.7. The van der Waals surface area contributed by atoms with Crippen molar-refractivity contribution in [1.82, 2.24) is 9.80 Å². The fourth-order valence-electron chi connectivity index (χ4n) is 2.35. The highest BCUT2D eigenvalue weighted by molar-refractivity contribution is 5.68. The molecule has 1 aliphatic heterocycles. The summed E-state index contributed by atoms with van der Waals surface area (Å²) in [6.45, 7) is 14.8. The van der Waals surface area contributed by atoms with Crippen LogP contribution in [0, 0.1) is 0 Å². The van der Waals surface area contributed by atoms with Gasteiger partial charge in [-0.25, -0.2) is 4.79 Å². The van der Waals surface area contributed by atoms with Crippen molar-refractivity contribution in [2.24, 2.45) is 0 Å². The minimum atomic E-state index is -0.409. The van der Waals surface area contributed by atoms with Crippen molar-refractivity contribution < 1.29 is 9.53 Å². The lowest BCUT2D eigenvalue weighted by atomic mass is 10.1. The summed E-state index contributed by atoms with van der Waals surface area (Å²) in [4.78, 5) is 16.3. The van der Waals surface area contributed by atoms with E-state index < -0.39 is 5.60 Å². The topological polar surface area (TPSA) is 32.8 Å². The lowest BCUT2D eigenvalue weighted by Gasteiger charge is -2.42. The molecule has 0 saturated carbocycles. The standard InChI is InChI=1S/C14H28N2O2/c1-7-11(2)16-9-8-15(10-12(16)3)13(17)18-14(4,5)6/h11-12H,7-10H2,1-6H3/t11?,12-/m1/s1. The molecule has 1 fully saturated rings. The lowest BCUT2D eigenvalue weighted by molar-refractivity contribution is -0.000772. The van der Waals surface area contributed by atoms with Crippen molar-refractivity contribution in [3.63, 3.8) is 0 Å². The summed E-state index contributed by atoms with van der Waals surface area (Å²) >= 11 is 0. The Hall–Kier alpha value is -0.770. The van der Waals surface area contributed by atoms with Crippen LogP contribution in [0.1, 0.15) is 48.0 Å². The monoisotopic (exact) mass is 256 g/mol. The highest BCUT2D eigenvalue weighted by Crippen LogP contribution is 2.17. The zero-order valence-corrected chi connectivity index (χ0v) is 12.7. The van der Waals surface area contributed by atoms with E-state index in [1.54, 1.807) is 0 Å². The summed E-state index contributed by atoms with van der Waals surface area (Å²) in [5.41, 5.74) is -0.409. The molecule has 0 aromatic heterocycles. The van der Waals surface area contributed by atoms with Crippen LogP contribution in [0.3, 0.4) is 0 Å². The third kappa shape index (κ3) is 4.16. The van der Waals surface area contributed by atoms with Crippen LogP contribution in [0.25, 0.3) is 0 Å². The Labute approximate surface area is 111 Å². The lowest BCUT2D eigenvalue weighted by Crippen LogP contribution is -2.56. The first-order valence-electron chi connectivity index (χ1n) is 6.98. The predicted molar refractivity (Wildman–Crippen MR) is 73.7 cm³/mol. The molecule has 1 aliphatic rings. The SMILES string of the molecule is CCC(C)N1CCN(C(=O)OC(C)(C)C)C[C@H]1C. The number of amides is 1. The van der Waals surface area contributed by atoms with Crippen LogP contribution in [0.15, 0.2) is 0 Å². The van der Waals surface area contributed by atoms with Gasteiger partial charge in [-0.1, -0.05) is 6.92 Å². The molecular formula is C14H28N2O2. The van der Waals surface area contributed by atoms with Crippen molar-refractivity contribution >= 4 is 6.09 Å². The number of hydrogen-bond donors (Lipinski definition) is 0. The van der Waals surface area contributed by atoms with Gasteiger partial charge in [-0.05, 0) is 41.0 Å². The molecule has 1 heterocycles. The first kappa shape index (κ1) is 15.3. The van der Waals surface area contributed by atoms with Crippen molar-refractivity contribution in [3.8, 4) is 0 Å². The minimum absolute atomic E-state index is 0.182. The van der Waals surface area contributed by atoms with Gasteiger partial charge in [-0.3, -0.25) is 4.90 Å². The Morgan fingerprint density at radius 3 is 2.44 bits per heavy atom. The van der Waals surface area contributed by atoms with E-state index in [0.29, 0.717) is 12.1 Å². The molecule has 0 aromatic carbocycles. The van der Waals surface area contributed by atoms with Crippen molar-refractivity contribution in [1.29, 1.82) is 0 Å². The highest BCUT2D eigenvalue weighted by atomic mass is 16.6. The normalized spacial score (nSPS) is 23.9. The second kappa shape index (κ2) is 5.91. The summed E-state index contributed by atoms with van der Waals surface area (Å²) in [7, 11) is 0. The van der Waals surface area contributed by atoms with Gasteiger partial charge in [-0.15, -0.1) is 0 Å². The fraction of sp³-hybridized carbons (Fsp3) is 0.929. The fourth-order valence-corrected chi connectivity index (χ4v) is 2.35. The number of ether oxygens (including phenoxy) is 1. The third-order valence-electron chi connectivity index (χ3n) is 3.49. The van der Waals surface area contributed by atoms with Crippen molar-refractivity contribution in [3.05, 3.63) is 0 Å². The van der Waals surface area contributed by atoms with Gasteiger partial charge >= 0.3 is 6.09 Å². The Morgan fingerprint density at radius 2 is 2.00 bits per heavy atom. The number of nitrogens with zero attached hydrogens (tertiary/aromatic N) is 2. The molecule has 0 N–H and O–H groups in total. The summed E-state index contributed by atoms with van der Waals surface area (Å²) in [5, 5.41) is 0. The van der Waals surface area contributed by atoms with E-state index in [1.807, 2.05) is 25.7 Å². The van der Waals surface area contributed by atoms with Crippen LogP contribution in [-0.4, -0.2) is 53.2 Å². The average Bonchev–Trinajstić information content (AvgIpc) is 2.25. The molecule has 0 aromatic rings. The summed E-state index contributed by atoms with van der Waals surface area (Å²) in [6.07, 6.45) is 0.967. The maximum absolute atomic E-state index is 12.0. The molecule has 0 aliphatic carbocycles.